The summed E-state index contributed by atoms with van der Waals surface area (Å²) >= 11 is 0. The Bertz CT molecular complexity index is 495. The van der Waals surface area contributed by atoms with Crippen LogP contribution in [0.5, 0.6) is 5.75 Å². The molecule has 8 heteroatoms. The predicted octanol–water partition coefficient (Wildman–Crippen LogP) is 1.26. The van der Waals surface area contributed by atoms with Gasteiger partial charge in [0.1, 0.15) is 11.9 Å². The number of ether oxygens (including phenoxy) is 2. The Balaban J connectivity index is 2.66. The minimum absolute atomic E-state index is 0.0453. The van der Waals surface area contributed by atoms with Gasteiger partial charge in [-0.1, -0.05) is 0 Å². The van der Waals surface area contributed by atoms with Crippen LogP contribution in [0, 0.1) is 15.9 Å². The fourth-order valence-electron chi connectivity index (χ4n) is 1.56. The number of carbonyl (C=O) groups excluding carboxylic acids is 1. The molecule has 20 heavy (non-hydrogen) atoms. The molecule has 1 rings (SSSR count). The van der Waals surface area contributed by atoms with E-state index in [1.807, 2.05) is 0 Å². The van der Waals surface area contributed by atoms with Crippen molar-refractivity contribution >= 4 is 11.7 Å². The van der Waals surface area contributed by atoms with Gasteiger partial charge in [0.2, 0.25) is 0 Å². The van der Waals surface area contributed by atoms with Crippen molar-refractivity contribution in [1.82, 2.24) is 5.32 Å². The van der Waals surface area contributed by atoms with Gasteiger partial charge in [-0.05, 0) is 19.2 Å². The van der Waals surface area contributed by atoms with Crippen LogP contribution in [0.2, 0.25) is 0 Å². The molecule has 0 aromatic heterocycles. The second-order valence-corrected chi connectivity index (χ2v) is 3.87. The van der Waals surface area contributed by atoms with Gasteiger partial charge >= 0.3 is 11.7 Å². The summed E-state index contributed by atoms with van der Waals surface area (Å²) in [4.78, 5) is 21.3. The molecule has 7 nitrogen and oxygen atoms in total. The highest BCUT2D eigenvalue weighted by Crippen LogP contribution is 2.27. The summed E-state index contributed by atoms with van der Waals surface area (Å²) in [5, 5.41) is 13.5. The first-order valence-corrected chi connectivity index (χ1v) is 5.81. The van der Waals surface area contributed by atoms with Gasteiger partial charge in [-0.3, -0.25) is 14.9 Å². The summed E-state index contributed by atoms with van der Waals surface area (Å²) in [7, 11) is 2.85. The average molecular weight is 286 g/mol. The van der Waals surface area contributed by atoms with E-state index in [9.17, 15) is 19.3 Å². The van der Waals surface area contributed by atoms with Crippen molar-refractivity contribution in [1.29, 1.82) is 0 Å². The van der Waals surface area contributed by atoms with E-state index in [1.54, 1.807) is 7.05 Å². The molecule has 0 aliphatic carbocycles. The molecule has 1 N–H and O–H groups in total. The van der Waals surface area contributed by atoms with Gasteiger partial charge in [0.05, 0.1) is 24.7 Å². The normalized spacial score (nSPS) is 11.8. The maximum Gasteiger partial charge on any atom is 0.322 e. The Kier molecular flexibility index (Phi) is 5.85. The standard InChI is InChI=1S/C12H15FN2O5/c1-14-9(12(16)19-2)5-6-20-11-4-3-8(13)7-10(11)15(17)18/h3-4,7,9,14H,5-6H2,1-2H3. The van der Waals surface area contributed by atoms with Crippen LogP contribution in [0.25, 0.3) is 0 Å². The number of halogens is 1. The van der Waals surface area contributed by atoms with Crippen molar-refractivity contribution in [3.63, 3.8) is 0 Å². The zero-order chi connectivity index (χ0) is 15.1. The molecule has 0 fully saturated rings. The Morgan fingerprint density at radius 2 is 2.25 bits per heavy atom. The van der Waals surface area contributed by atoms with Gasteiger partial charge in [-0.25, -0.2) is 4.39 Å². The highest BCUT2D eigenvalue weighted by Gasteiger charge is 2.19. The number of hydrogen-bond acceptors (Lipinski definition) is 6. The number of methoxy groups -OCH3 is 1. The highest BCUT2D eigenvalue weighted by molar-refractivity contribution is 5.75. The van der Waals surface area contributed by atoms with Crippen LogP contribution in [-0.4, -0.2) is 37.7 Å². The molecule has 0 amide bonds. The SMILES string of the molecule is CNC(CCOc1ccc(F)cc1[N+](=O)[O-])C(=O)OC. The lowest BCUT2D eigenvalue weighted by Gasteiger charge is -2.14. The van der Waals surface area contributed by atoms with E-state index in [0.717, 1.165) is 12.1 Å². The molecule has 1 unspecified atom stereocenters. The maximum atomic E-state index is 12.9. The lowest BCUT2D eigenvalue weighted by molar-refractivity contribution is -0.386. The molecule has 0 heterocycles. The number of rotatable bonds is 7. The molecule has 0 bridgehead atoms. The van der Waals surface area contributed by atoms with Gasteiger partial charge in [-0.15, -0.1) is 0 Å². The van der Waals surface area contributed by atoms with Gasteiger partial charge < -0.3 is 14.8 Å². The van der Waals surface area contributed by atoms with Gasteiger partial charge in [0, 0.05) is 6.42 Å². The van der Waals surface area contributed by atoms with Crippen molar-refractivity contribution in [2.45, 2.75) is 12.5 Å². The number of nitro groups is 1. The quantitative estimate of drug-likeness (QED) is 0.461. The molecule has 1 aromatic rings. The Hall–Kier alpha value is -2.22. The molecule has 0 saturated heterocycles. The van der Waals surface area contributed by atoms with Crippen molar-refractivity contribution in [2.24, 2.45) is 0 Å². The average Bonchev–Trinajstić information content (AvgIpc) is 2.44. The zero-order valence-electron chi connectivity index (χ0n) is 11.1. The summed E-state index contributed by atoms with van der Waals surface area (Å²) in [6.07, 6.45) is 0.262. The first kappa shape index (κ1) is 15.8. The minimum atomic E-state index is -0.728. The van der Waals surface area contributed by atoms with Crippen molar-refractivity contribution in [3.8, 4) is 5.75 Å². The number of nitro benzene ring substituents is 1. The summed E-state index contributed by atoms with van der Waals surface area (Å²) in [5.41, 5.74) is -0.455. The third kappa shape index (κ3) is 4.16. The number of carbonyl (C=O) groups is 1. The second-order valence-electron chi connectivity index (χ2n) is 3.87. The predicted molar refractivity (Wildman–Crippen MR) is 68.0 cm³/mol. The van der Waals surface area contributed by atoms with Crippen molar-refractivity contribution < 1.29 is 23.6 Å². The van der Waals surface area contributed by atoms with E-state index in [4.69, 9.17) is 4.74 Å². The highest BCUT2D eigenvalue weighted by atomic mass is 19.1. The van der Waals surface area contributed by atoms with Crippen LogP contribution in [0.15, 0.2) is 18.2 Å². The van der Waals surface area contributed by atoms with Crippen molar-refractivity contribution in [2.75, 3.05) is 20.8 Å². The van der Waals surface area contributed by atoms with Gasteiger partial charge in [-0.2, -0.15) is 0 Å². The first-order valence-electron chi connectivity index (χ1n) is 5.81. The summed E-state index contributed by atoms with van der Waals surface area (Å²) in [5.74, 6) is -1.22. The summed E-state index contributed by atoms with van der Waals surface area (Å²) in [6.45, 7) is 0.0487. The number of hydrogen-bond donors (Lipinski definition) is 1. The lowest BCUT2D eigenvalue weighted by Crippen LogP contribution is -2.36. The third-order valence-electron chi connectivity index (χ3n) is 2.62. The number of nitrogens with zero attached hydrogens (tertiary/aromatic N) is 1. The molecule has 0 aliphatic rings. The van der Waals surface area contributed by atoms with Crippen LogP contribution in [-0.2, 0) is 9.53 Å². The summed E-state index contributed by atoms with van der Waals surface area (Å²) < 4.78 is 22.7. The molecular weight excluding hydrogens is 271 g/mol. The fraction of sp³-hybridized carbons (Fsp3) is 0.417. The Morgan fingerprint density at radius 3 is 2.80 bits per heavy atom. The van der Waals surface area contributed by atoms with E-state index in [-0.39, 0.29) is 18.8 Å². The van der Waals surface area contributed by atoms with Crippen LogP contribution < -0.4 is 10.1 Å². The summed E-state index contributed by atoms with van der Waals surface area (Å²) in [6, 6.07) is 2.46. The van der Waals surface area contributed by atoms with E-state index >= 15 is 0 Å². The van der Waals surface area contributed by atoms with Crippen LogP contribution in [0.4, 0.5) is 10.1 Å². The molecule has 0 aliphatic heterocycles. The second kappa shape index (κ2) is 7.39. The molecule has 1 atom stereocenters. The van der Waals surface area contributed by atoms with Crippen LogP contribution in [0.3, 0.4) is 0 Å². The largest absolute Gasteiger partial charge is 0.487 e. The van der Waals surface area contributed by atoms with E-state index in [0.29, 0.717) is 0 Å². The monoisotopic (exact) mass is 286 g/mol. The number of benzene rings is 1. The van der Waals surface area contributed by atoms with E-state index < -0.39 is 28.4 Å². The number of esters is 1. The third-order valence-corrected chi connectivity index (χ3v) is 2.62. The smallest absolute Gasteiger partial charge is 0.322 e. The van der Waals surface area contributed by atoms with Gasteiger partial charge in [0.15, 0.2) is 5.75 Å². The fourth-order valence-corrected chi connectivity index (χ4v) is 1.56. The molecule has 0 spiro atoms. The topological polar surface area (TPSA) is 90.7 Å². The molecule has 1 aromatic carbocycles. The van der Waals surface area contributed by atoms with E-state index in [1.165, 1.54) is 13.2 Å². The zero-order valence-corrected chi connectivity index (χ0v) is 11.1. The first-order chi connectivity index (χ1) is 9.49. The van der Waals surface area contributed by atoms with E-state index in [2.05, 4.69) is 10.1 Å². The molecule has 110 valence electrons. The van der Waals surface area contributed by atoms with Crippen LogP contribution >= 0.6 is 0 Å². The minimum Gasteiger partial charge on any atom is -0.487 e. The molecule has 0 radical (unpaired) electrons. The van der Waals surface area contributed by atoms with Crippen LogP contribution in [0.1, 0.15) is 6.42 Å². The Morgan fingerprint density at radius 1 is 1.55 bits per heavy atom. The maximum absolute atomic E-state index is 12.9. The lowest BCUT2D eigenvalue weighted by atomic mass is 10.2. The number of likely N-dealkylation sites (N-methyl/N-ethyl adjacent to an activating group) is 1. The molecule has 0 saturated carbocycles. The van der Waals surface area contributed by atoms with Gasteiger partial charge in [0.25, 0.3) is 0 Å². The van der Waals surface area contributed by atoms with Crippen molar-refractivity contribution in [3.05, 3.63) is 34.1 Å². The Labute approximate surface area is 114 Å². The molecular formula is C12H15FN2O5. The number of nitrogens with one attached hydrogen (secondary N) is 1.